The van der Waals surface area contributed by atoms with E-state index in [-0.39, 0.29) is 0 Å². The summed E-state index contributed by atoms with van der Waals surface area (Å²) in [6, 6.07) is 4.71. The minimum Gasteiger partial charge on any atom is -0.310 e. The summed E-state index contributed by atoms with van der Waals surface area (Å²) < 4.78 is 0. The van der Waals surface area contributed by atoms with Crippen molar-refractivity contribution in [1.29, 1.82) is 0 Å². The van der Waals surface area contributed by atoms with Gasteiger partial charge in [0.05, 0.1) is 0 Å². The highest BCUT2D eigenvalue weighted by Gasteiger charge is 2.12. The van der Waals surface area contributed by atoms with E-state index < -0.39 is 0 Å². The third-order valence-corrected chi connectivity index (χ3v) is 2.95. The highest BCUT2D eigenvalue weighted by Crippen LogP contribution is 2.22. The first kappa shape index (κ1) is 13.9. The van der Waals surface area contributed by atoms with Crippen molar-refractivity contribution in [2.75, 3.05) is 6.54 Å². The van der Waals surface area contributed by atoms with Crippen molar-refractivity contribution >= 4 is 0 Å². The SMILES string of the molecule is C=C(CC)CC(NCC)c1cc(C)nc(C)c1. The quantitative estimate of drug-likeness (QED) is 0.756. The summed E-state index contributed by atoms with van der Waals surface area (Å²) in [4.78, 5) is 4.43. The maximum atomic E-state index is 4.43. The molecule has 0 amide bonds. The lowest BCUT2D eigenvalue weighted by molar-refractivity contribution is 0.541. The Balaban J connectivity index is 2.91. The van der Waals surface area contributed by atoms with Crippen LogP contribution in [0, 0.1) is 13.8 Å². The number of hydrogen-bond acceptors (Lipinski definition) is 2. The molecule has 2 heteroatoms. The van der Waals surface area contributed by atoms with Crippen molar-refractivity contribution in [1.82, 2.24) is 10.3 Å². The van der Waals surface area contributed by atoms with Gasteiger partial charge in [0.1, 0.15) is 0 Å². The molecule has 0 saturated carbocycles. The zero-order chi connectivity index (χ0) is 12.8. The van der Waals surface area contributed by atoms with Crippen LogP contribution in [0.15, 0.2) is 24.3 Å². The van der Waals surface area contributed by atoms with Crippen molar-refractivity contribution in [3.8, 4) is 0 Å². The Morgan fingerprint density at radius 2 is 1.88 bits per heavy atom. The van der Waals surface area contributed by atoms with Crippen LogP contribution in [0.25, 0.3) is 0 Å². The van der Waals surface area contributed by atoms with E-state index in [9.17, 15) is 0 Å². The first-order valence-corrected chi connectivity index (χ1v) is 6.42. The molecule has 1 unspecified atom stereocenters. The van der Waals surface area contributed by atoms with Gasteiger partial charge >= 0.3 is 0 Å². The predicted octanol–water partition coefficient (Wildman–Crippen LogP) is 3.71. The summed E-state index contributed by atoms with van der Waals surface area (Å²) in [6.45, 7) is 13.5. The molecule has 1 atom stereocenters. The number of aryl methyl sites for hydroxylation is 2. The molecule has 94 valence electrons. The second-order valence-corrected chi connectivity index (χ2v) is 4.60. The maximum absolute atomic E-state index is 4.43. The second-order valence-electron chi connectivity index (χ2n) is 4.60. The molecule has 2 nitrogen and oxygen atoms in total. The molecule has 1 heterocycles. The molecule has 1 N–H and O–H groups in total. The van der Waals surface area contributed by atoms with Crippen LogP contribution in [-0.2, 0) is 0 Å². The molecule has 0 aliphatic rings. The van der Waals surface area contributed by atoms with E-state index in [0.29, 0.717) is 6.04 Å². The van der Waals surface area contributed by atoms with Crippen molar-refractivity contribution < 1.29 is 0 Å². The minimum absolute atomic E-state index is 0.368. The molecule has 0 aliphatic carbocycles. The summed E-state index contributed by atoms with van der Waals surface area (Å²) in [7, 11) is 0. The monoisotopic (exact) mass is 232 g/mol. The Hall–Kier alpha value is -1.15. The van der Waals surface area contributed by atoms with Gasteiger partial charge in [-0.25, -0.2) is 0 Å². The smallest absolute Gasteiger partial charge is 0.0379 e. The van der Waals surface area contributed by atoms with Gasteiger partial charge in [0.2, 0.25) is 0 Å². The molecular formula is C15H24N2. The molecule has 1 rings (SSSR count). The first-order valence-electron chi connectivity index (χ1n) is 6.42. The number of nitrogens with one attached hydrogen (secondary N) is 1. The molecule has 17 heavy (non-hydrogen) atoms. The van der Waals surface area contributed by atoms with Crippen LogP contribution in [0.2, 0.25) is 0 Å². The summed E-state index contributed by atoms with van der Waals surface area (Å²) in [5, 5.41) is 3.53. The predicted molar refractivity (Wildman–Crippen MR) is 74.2 cm³/mol. The molecule has 0 bridgehead atoms. The number of aromatic nitrogens is 1. The van der Waals surface area contributed by atoms with E-state index in [4.69, 9.17) is 0 Å². The van der Waals surface area contributed by atoms with Gasteiger partial charge in [0.25, 0.3) is 0 Å². The fraction of sp³-hybridized carbons (Fsp3) is 0.533. The van der Waals surface area contributed by atoms with Gasteiger partial charge in [-0.1, -0.05) is 26.0 Å². The van der Waals surface area contributed by atoms with Crippen LogP contribution in [-0.4, -0.2) is 11.5 Å². The molecule has 1 aromatic heterocycles. The van der Waals surface area contributed by atoms with Crippen molar-refractivity contribution in [3.63, 3.8) is 0 Å². The molecular weight excluding hydrogens is 208 g/mol. The van der Waals surface area contributed by atoms with Gasteiger partial charge < -0.3 is 5.32 Å². The molecule has 0 spiro atoms. The van der Waals surface area contributed by atoms with Crippen LogP contribution < -0.4 is 5.32 Å². The molecule has 0 aliphatic heterocycles. The van der Waals surface area contributed by atoms with Gasteiger partial charge in [-0.3, -0.25) is 4.98 Å². The second kappa shape index (κ2) is 6.55. The van der Waals surface area contributed by atoms with E-state index in [2.05, 4.69) is 42.9 Å². The lowest BCUT2D eigenvalue weighted by Crippen LogP contribution is -2.21. The Morgan fingerprint density at radius 1 is 1.29 bits per heavy atom. The Kier molecular flexibility index (Phi) is 5.36. The zero-order valence-corrected chi connectivity index (χ0v) is 11.5. The fourth-order valence-electron chi connectivity index (χ4n) is 2.06. The largest absolute Gasteiger partial charge is 0.310 e. The van der Waals surface area contributed by atoms with Crippen LogP contribution in [0.1, 0.15) is 49.7 Å². The van der Waals surface area contributed by atoms with E-state index in [0.717, 1.165) is 30.8 Å². The molecule has 0 aromatic carbocycles. The maximum Gasteiger partial charge on any atom is 0.0379 e. The summed E-state index contributed by atoms with van der Waals surface area (Å²) >= 11 is 0. The van der Waals surface area contributed by atoms with Gasteiger partial charge in [-0.15, -0.1) is 0 Å². The standard InChI is InChI=1S/C15H24N2/c1-6-11(3)8-15(16-7-2)14-9-12(4)17-13(5)10-14/h9-10,15-16H,3,6-8H2,1-2,4-5H3. The van der Waals surface area contributed by atoms with Gasteiger partial charge in [-0.05, 0) is 50.9 Å². The first-order chi connectivity index (χ1) is 8.06. The zero-order valence-electron chi connectivity index (χ0n) is 11.5. The van der Waals surface area contributed by atoms with Gasteiger partial charge in [0.15, 0.2) is 0 Å². The fourth-order valence-corrected chi connectivity index (χ4v) is 2.06. The minimum atomic E-state index is 0.368. The highest BCUT2D eigenvalue weighted by atomic mass is 14.9. The number of rotatable bonds is 6. The number of hydrogen-bond donors (Lipinski definition) is 1. The average molecular weight is 232 g/mol. The average Bonchev–Trinajstić information content (AvgIpc) is 2.27. The third-order valence-electron chi connectivity index (χ3n) is 2.95. The van der Waals surface area contributed by atoms with E-state index >= 15 is 0 Å². The topological polar surface area (TPSA) is 24.9 Å². The van der Waals surface area contributed by atoms with E-state index in [1.165, 1.54) is 11.1 Å². The van der Waals surface area contributed by atoms with Crippen molar-refractivity contribution in [2.45, 2.75) is 46.6 Å². The Bertz CT molecular complexity index is 362. The number of nitrogens with zero attached hydrogens (tertiary/aromatic N) is 1. The molecule has 0 saturated heterocycles. The summed E-state index contributed by atoms with van der Waals surface area (Å²) in [5.74, 6) is 0. The normalized spacial score (nSPS) is 12.5. The van der Waals surface area contributed by atoms with Gasteiger partial charge in [0, 0.05) is 17.4 Å². The highest BCUT2D eigenvalue weighted by molar-refractivity contribution is 5.25. The summed E-state index contributed by atoms with van der Waals surface area (Å²) in [5.41, 5.74) is 4.80. The number of pyridine rings is 1. The van der Waals surface area contributed by atoms with Crippen molar-refractivity contribution in [2.24, 2.45) is 0 Å². The molecule has 1 aromatic rings. The lowest BCUT2D eigenvalue weighted by atomic mass is 9.98. The Morgan fingerprint density at radius 3 is 2.35 bits per heavy atom. The van der Waals surface area contributed by atoms with Crippen LogP contribution >= 0.6 is 0 Å². The van der Waals surface area contributed by atoms with E-state index in [1.807, 2.05) is 13.8 Å². The lowest BCUT2D eigenvalue weighted by Gasteiger charge is -2.20. The van der Waals surface area contributed by atoms with Crippen molar-refractivity contribution in [3.05, 3.63) is 41.2 Å². The third kappa shape index (κ3) is 4.31. The van der Waals surface area contributed by atoms with Crippen LogP contribution in [0.5, 0.6) is 0 Å². The molecule has 0 radical (unpaired) electrons. The molecule has 0 fully saturated rings. The van der Waals surface area contributed by atoms with Gasteiger partial charge in [-0.2, -0.15) is 0 Å². The Labute approximate surface area is 105 Å². The van der Waals surface area contributed by atoms with E-state index in [1.54, 1.807) is 0 Å². The van der Waals surface area contributed by atoms with Crippen LogP contribution in [0.3, 0.4) is 0 Å². The summed E-state index contributed by atoms with van der Waals surface area (Å²) in [6.07, 6.45) is 2.05. The van der Waals surface area contributed by atoms with Crippen LogP contribution in [0.4, 0.5) is 0 Å².